The smallest absolute Gasteiger partial charge is 0.185 e. The van der Waals surface area contributed by atoms with Crippen LogP contribution in [-0.4, -0.2) is 31.3 Å². The van der Waals surface area contributed by atoms with Crippen molar-refractivity contribution in [3.8, 4) is 0 Å². The predicted octanol–water partition coefficient (Wildman–Crippen LogP) is 0.828. The van der Waals surface area contributed by atoms with Crippen molar-refractivity contribution in [2.24, 2.45) is 5.73 Å². The maximum atomic E-state index is 5.52. The molecular weight excluding hydrogens is 198 g/mol. The van der Waals surface area contributed by atoms with Crippen LogP contribution in [0.1, 0.15) is 12.1 Å². The lowest BCUT2D eigenvalue weighted by atomic mass is 10.4. The maximum Gasteiger partial charge on any atom is 0.185 e. The van der Waals surface area contributed by atoms with Gasteiger partial charge in [0.15, 0.2) is 5.13 Å². The number of aromatic nitrogens is 1. The molecule has 0 bridgehead atoms. The molecule has 1 aromatic rings. The first-order chi connectivity index (χ1) is 6.90. The lowest BCUT2D eigenvalue weighted by molar-refractivity contribution is 0.152. The molecule has 1 fully saturated rings. The molecule has 4 nitrogen and oxygen atoms in total. The van der Waals surface area contributed by atoms with E-state index in [1.807, 2.05) is 5.38 Å². The number of thiazole rings is 1. The minimum absolute atomic E-state index is 0.529. The van der Waals surface area contributed by atoms with Crippen molar-refractivity contribution in [1.29, 1.82) is 0 Å². The van der Waals surface area contributed by atoms with Gasteiger partial charge in [-0.1, -0.05) is 0 Å². The largest absolute Gasteiger partial charge is 0.380 e. The van der Waals surface area contributed by atoms with Crippen molar-refractivity contribution in [2.75, 3.05) is 31.2 Å². The Morgan fingerprint density at radius 2 is 2.43 bits per heavy atom. The number of nitrogens with two attached hydrogens (primary N) is 1. The van der Waals surface area contributed by atoms with Crippen molar-refractivity contribution in [3.05, 3.63) is 11.1 Å². The van der Waals surface area contributed by atoms with Gasteiger partial charge in [0.25, 0.3) is 0 Å². The molecule has 0 aromatic carbocycles. The van der Waals surface area contributed by atoms with Crippen LogP contribution in [0.2, 0.25) is 0 Å². The first-order valence-corrected chi connectivity index (χ1v) is 5.75. The van der Waals surface area contributed by atoms with Gasteiger partial charge in [0.05, 0.1) is 12.3 Å². The van der Waals surface area contributed by atoms with Gasteiger partial charge in [-0.05, 0) is 6.42 Å². The zero-order chi connectivity index (χ0) is 9.80. The molecule has 2 heterocycles. The number of hydrogen-bond donors (Lipinski definition) is 1. The average molecular weight is 213 g/mol. The highest BCUT2D eigenvalue weighted by Gasteiger charge is 2.12. The van der Waals surface area contributed by atoms with E-state index in [0.29, 0.717) is 6.54 Å². The van der Waals surface area contributed by atoms with E-state index in [9.17, 15) is 0 Å². The summed E-state index contributed by atoms with van der Waals surface area (Å²) in [6, 6.07) is 0. The van der Waals surface area contributed by atoms with Crippen molar-refractivity contribution < 1.29 is 4.74 Å². The molecule has 0 atom stereocenters. The topological polar surface area (TPSA) is 51.4 Å². The van der Waals surface area contributed by atoms with Gasteiger partial charge < -0.3 is 15.4 Å². The van der Waals surface area contributed by atoms with Gasteiger partial charge in [0, 0.05) is 31.6 Å². The van der Waals surface area contributed by atoms with E-state index in [0.717, 1.165) is 43.5 Å². The zero-order valence-corrected chi connectivity index (χ0v) is 8.92. The Bertz CT molecular complexity index is 281. The fourth-order valence-electron chi connectivity index (χ4n) is 1.47. The molecule has 2 N–H and O–H groups in total. The van der Waals surface area contributed by atoms with Crippen molar-refractivity contribution in [1.82, 2.24) is 4.98 Å². The van der Waals surface area contributed by atoms with Crippen LogP contribution in [0.3, 0.4) is 0 Å². The third-order valence-electron chi connectivity index (χ3n) is 2.24. The van der Waals surface area contributed by atoms with E-state index in [4.69, 9.17) is 10.5 Å². The molecule has 1 aliphatic heterocycles. The summed E-state index contributed by atoms with van der Waals surface area (Å²) in [5.74, 6) is 0. The summed E-state index contributed by atoms with van der Waals surface area (Å²) >= 11 is 1.67. The molecule has 78 valence electrons. The number of anilines is 1. The highest BCUT2D eigenvalue weighted by atomic mass is 32.1. The molecule has 0 saturated carbocycles. The van der Waals surface area contributed by atoms with Gasteiger partial charge in [-0.15, -0.1) is 11.3 Å². The summed E-state index contributed by atoms with van der Waals surface area (Å²) in [6.45, 7) is 4.18. The first-order valence-electron chi connectivity index (χ1n) is 4.87. The summed E-state index contributed by atoms with van der Waals surface area (Å²) in [5.41, 5.74) is 6.51. The molecule has 1 aliphatic rings. The molecule has 0 aliphatic carbocycles. The maximum absolute atomic E-state index is 5.52. The number of nitrogens with zero attached hydrogens (tertiary/aromatic N) is 2. The van der Waals surface area contributed by atoms with E-state index in [1.54, 1.807) is 11.3 Å². The third-order valence-corrected chi connectivity index (χ3v) is 3.19. The van der Waals surface area contributed by atoms with Gasteiger partial charge >= 0.3 is 0 Å². The van der Waals surface area contributed by atoms with Crippen LogP contribution in [0.4, 0.5) is 5.13 Å². The first kappa shape index (κ1) is 9.89. The lowest BCUT2D eigenvalue weighted by Crippen LogP contribution is -2.25. The molecule has 0 unspecified atom stereocenters. The SMILES string of the molecule is NCc1csc(N2CCCOCC2)n1. The number of hydrogen-bond acceptors (Lipinski definition) is 5. The summed E-state index contributed by atoms with van der Waals surface area (Å²) in [7, 11) is 0. The van der Waals surface area contributed by atoms with Gasteiger partial charge in [0.2, 0.25) is 0 Å². The number of ether oxygens (including phenoxy) is 1. The summed E-state index contributed by atoms with van der Waals surface area (Å²) in [5, 5.41) is 3.11. The molecule has 14 heavy (non-hydrogen) atoms. The van der Waals surface area contributed by atoms with Crippen LogP contribution in [0.25, 0.3) is 0 Å². The lowest BCUT2D eigenvalue weighted by Gasteiger charge is -2.17. The van der Waals surface area contributed by atoms with Crippen molar-refractivity contribution in [2.45, 2.75) is 13.0 Å². The summed E-state index contributed by atoms with van der Waals surface area (Å²) < 4.78 is 5.39. The third kappa shape index (κ3) is 2.23. The molecule has 0 spiro atoms. The second-order valence-corrected chi connectivity index (χ2v) is 4.12. The standard InChI is InChI=1S/C9H15N3OS/c10-6-8-7-14-9(11-8)12-2-1-4-13-5-3-12/h7H,1-6,10H2. The van der Waals surface area contributed by atoms with E-state index >= 15 is 0 Å². The van der Waals surface area contributed by atoms with Crippen molar-refractivity contribution >= 4 is 16.5 Å². The quantitative estimate of drug-likeness (QED) is 0.790. The normalized spacial score (nSPS) is 18.2. The molecule has 1 aromatic heterocycles. The highest BCUT2D eigenvalue weighted by molar-refractivity contribution is 7.13. The monoisotopic (exact) mass is 213 g/mol. The van der Waals surface area contributed by atoms with E-state index in [-0.39, 0.29) is 0 Å². The van der Waals surface area contributed by atoms with Gasteiger partial charge in [-0.25, -0.2) is 4.98 Å². The molecule has 1 saturated heterocycles. The Kier molecular flexibility index (Phi) is 3.34. The second kappa shape index (κ2) is 4.72. The Morgan fingerprint density at radius 1 is 1.50 bits per heavy atom. The second-order valence-electron chi connectivity index (χ2n) is 3.28. The highest BCUT2D eigenvalue weighted by Crippen LogP contribution is 2.21. The minimum Gasteiger partial charge on any atom is -0.380 e. The van der Waals surface area contributed by atoms with Crippen LogP contribution in [0, 0.1) is 0 Å². The molecule has 5 heteroatoms. The van der Waals surface area contributed by atoms with E-state index in [1.165, 1.54) is 0 Å². The van der Waals surface area contributed by atoms with Gasteiger partial charge in [-0.3, -0.25) is 0 Å². The summed E-state index contributed by atoms with van der Waals surface area (Å²) in [6.07, 6.45) is 1.08. The molecule has 0 radical (unpaired) electrons. The van der Waals surface area contributed by atoms with Crippen LogP contribution >= 0.6 is 11.3 Å². The van der Waals surface area contributed by atoms with Crippen LogP contribution in [-0.2, 0) is 11.3 Å². The van der Waals surface area contributed by atoms with Gasteiger partial charge in [-0.2, -0.15) is 0 Å². The zero-order valence-electron chi connectivity index (χ0n) is 8.11. The van der Waals surface area contributed by atoms with Crippen LogP contribution in [0.15, 0.2) is 5.38 Å². The van der Waals surface area contributed by atoms with Gasteiger partial charge in [0.1, 0.15) is 0 Å². The summed E-state index contributed by atoms with van der Waals surface area (Å²) in [4.78, 5) is 6.73. The number of rotatable bonds is 2. The van der Waals surface area contributed by atoms with Crippen LogP contribution < -0.4 is 10.6 Å². The fraction of sp³-hybridized carbons (Fsp3) is 0.667. The Balaban J connectivity index is 2.04. The van der Waals surface area contributed by atoms with E-state index in [2.05, 4.69) is 9.88 Å². The average Bonchev–Trinajstić information content (AvgIpc) is 2.53. The van der Waals surface area contributed by atoms with Crippen molar-refractivity contribution in [3.63, 3.8) is 0 Å². The minimum atomic E-state index is 0.529. The van der Waals surface area contributed by atoms with E-state index < -0.39 is 0 Å². The van der Waals surface area contributed by atoms with Crippen LogP contribution in [0.5, 0.6) is 0 Å². The molecule has 0 amide bonds. The predicted molar refractivity (Wildman–Crippen MR) is 57.7 cm³/mol. The molecule has 2 rings (SSSR count). The Hall–Kier alpha value is -0.650. The Morgan fingerprint density at radius 3 is 3.21 bits per heavy atom. The molecular formula is C9H15N3OS. The Labute approximate surface area is 87.7 Å². The fourth-order valence-corrected chi connectivity index (χ4v) is 2.36.